The fourth-order valence-electron chi connectivity index (χ4n) is 3.93. The average molecular weight is 396 g/mol. The van der Waals surface area contributed by atoms with Crippen molar-refractivity contribution >= 4 is 38.8 Å². The van der Waals surface area contributed by atoms with E-state index in [0.717, 1.165) is 5.56 Å². The molecule has 5 rings (SSSR count). The van der Waals surface area contributed by atoms with E-state index in [2.05, 4.69) is 5.18 Å². The number of esters is 1. The maximum atomic E-state index is 13.2. The molecule has 0 radical (unpaired) electrons. The Labute approximate surface area is 170 Å². The van der Waals surface area contributed by atoms with E-state index in [-0.39, 0.29) is 29.0 Å². The van der Waals surface area contributed by atoms with Gasteiger partial charge in [0.15, 0.2) is 0 Å². The zero-order valence-corrected chi connectivity index (χ0v) is 15.8. The molecule has 0 bridgehead atoms. The molecule has 3 aromatic carbocycles. The molecular formula is C24H16N2O4. The van der Waals surface area contributed by atoms with Crippen LogP contribution in [-0.4, -0.2) is 15.5 Å². The predicted octanol–water partition coefficient (Wildman–Crippen LogP) is 5.71. The first-order chi connectivity index (χ1) is 14.7. The van der Waals surface area contributed by atoms with E-state index >= 15 is 0 Å². The number of pyridine rings is 1. The topological polar surface area (TPSA) is 80.4 Å². The molecule has 2 aromatic heterocycles. The van der Waals surface area contributed by atoms with Gasteiger partial charge in [-0.2, -0.15) is 0 Å². The second-order valence-corrected chi connectivity index (χ2v) is 6.95. The van der Waals surface area contributed by atoms with Crippen LogP contribution in [0.3, 0.4) is 0 Å². The summed E-state index contributed by atoms with van der Waals surface area (Å²) >= 11 is 0. The van der Waals surface area contributed by atoms with Gasteiger partial charge < -0.3 is 14.2 Å². The molecular weight excluding hydrogens is 380 g/mol. The summed E-state index contributed by atoms with van der Waals surface area (Å²) in [6, 6.07) is 21.6. The summed E-state index contributed by atoms with van der Waals surface area (Å²) in [7, 11) is 0. The van der Waals surface area contributed by atoms with E-state index in [4.69, 9.17) is 4.74 Å². The van der Waals surface area contributed by atoms with Gasteiger partial charge in [0.1, 0.15) is 18.0 Å². The van der Waals surface area contributed by atoms with Crippen LogP contribution in [0.1, 0.15) is 15.9 Å². The SMILES string of the molecule is O=Nc1c2ccccc2c(O)c2c1c(C(=O)OCc1ccccc1)c1ccccn12. The zero-order valence-electron chi connectivity index (χ0n) is 15.8. The van der Waals surface area contributed by atoms with Crippen LogP contribution in [0.25, 0.3) is 27.2 Å². The van der Waals surface area contributed by atoms with Gasteiger partial charge in [0.25, 0.3) is 0 Å². The minimum atomic E-state index is -0.586. The van der Waals surface area contributed by atoms with Gasteiger partial charge in [-0.05, 0) is 22.9 Å². The third-order valence-corrected chi connectivity index (χ3v) is 5.25. The molecule has 0 saturated carbocycles. The van der Waals surface area contributed by atoms with Crippen LogP contribution >= 0.6 is 0 Å². The van der Waals surface area contributed by atoms with Gasteiger partial charge in [-0.15, -0.1) is 4.91 Å². The van der Waals surface area contributed by atoms with Crippen molar-refractivity contribution in [2.24, 2.45) is 5.18 Å². The molecule has 0 saturated heterocycles. The molecule has 0 atom stereocenters. The first kappa shape index (κ1) is 17.9. The number of ether oxygens (including phenoxy) is 1. The molecule has 0 spiro atoms. The Morgan fingerprint density at radius 3 is 2.40 bits per heavy atom. The van der Waals surface area contributed by atoms with E-state index < -0.39 is 5.97 Å². The Morgan fingerprint density at radius 1 is 0.933 bits per heavy atom. The Morgan fingerprint density at radius 2 is 1.63 bits per heavy atom. The van der Waals surface area contributed by atoms with Gasteiger partial charge in [0, 0.05) is 22.4 Å². The van der Waals surface area contributed by atoms with Gasteiger partial charge in [0.2, 0.25) is 0 Å². The maximum Gasteiger partial charge on any atom is 0.341 e. The molecule has 0 aliphatic heterocycles. The summed E-state index contributed by atoms with van der Waals surface area (Å²) < 4.78 is 7.25. The summed E-state index contributed by atoms with van der Waals surface area (Å²) in [6.07, 6.45) is 1.73. The minimum absolute atomic E-state index is 0.0173. The number of phenolic OH excluding ortho intramolecular Hbond substituents is 1. The number of carbonyl (C=O) groups is 1. The number of hydrogen-bond donors (Lipinski definition) is 1. The highest BCUT2D eigenvalue weighted by Gasteiger charge is 2.27. The minimum Gasteiger partial charge on any atom is -0.505 e. The van der Waals surface area contributed by atoms with Gasteiger partial charge in [-0.1, -0.05) is 60.7 Å². The van der Waals surface area contributed by atoms with E-state index in [1.54, 1.807) is 53.1 Å². The van der Waals surface area contributed by atoms with Crippen LogP contribution in [0.4, 0.5) is 5.69 Å². The zero-order chi connectivity index (χ0) is 20.7. The summed E-state index contributed by atoms with van der Waals surface area (Å²) in [6.45, 7) is 0.0920. The van der Waals surface area contributed by atoms with E-state index in [1.165, 1.54) is 0 Å². The quantitative estimate of drug-likeness (QED) is 0.312. The second kappa shape index (κ2) is 7.00. The number of phenols is 1. The largest absolute Gasteiger partial charge is 0.505 e. The Balaban J connectivity index is 1.80. The van der Waals surface area contributed by atoms with Crippen LogP contribution in [0.15, 0.2) is 84.2 Å². The van der Waals surface area contributed by atoms with Gasteiger partial charge in [-0.25, -0.2) is 4.79 Å². The van der Waals surface area contributed by atoms with Crippen LogP contribution < -0.4 is 0 Å². The third-order valence-electron chi connectivity index (χ3n) is 5.25. The maximum absolute atomic E-state index is 13.2. The summed E-state index contributed by atoms with van der Waals surface area (Å²) in [5.74, 6) is -0.603. The average Bonchev–Trinajstić information content (AvgIpc) is 3.14. The summed E-state index contributed by atoms with van der Waals surface area (Å²) in [4.78, 5) is 25.0. The number of aromatic hydroxyl groups is 1. The Bertz CT molecular complexity index is 1440. The lowest BCUT2D eigenvalue weighted by Crippen LogP contribution is -2.05. The lowest BCUT2D eigenvalue weighted by Gasteiger charge is -2.08. The van der Waals surface area contributed by atoms with Crippen molar-refractivity contribution in [3.05, 3.63) is 95.0 Å². The van der Waals surface area contributed by atoms with Crippen LogP contribution in [0.5, 0.6) is 5.75 Å². The Kier molecular flexibility index (Phi) is 4.17. The van der Waals surface area contributed by atoms with Gasteiger partial charge in [-0.3, -0.25) is 0 Å². The fourth-order valence-corrected chi connectivity index (χ4v) is 3.93. The number of nitrogens with zero attached hydrogens (tertiary/aromatic N) is 2. The molecule has 5 aromatic rings. The lowest BCUT2D eigenvalue weighted by atomic mass is 10.0. The number of benzene rings is 3. The molecule has 2 heterocycles. The van der Waals surface area contributed by atoms with E-state index in [0.29, 0.717) is 21.8 Å². The highest BCUT2D eigenvalue weighted by molar-refractivity contribution is 6.23. The van der Waals surface area contributed by atoms with Crippen molar-refractivity contribution in [2.45, 2.75) is 6.61 Å². The molecule has 0 aliphatic carbocycles. The van der Waals surface area contributed by atoms with Crippen LogP contribution in [0.2, 0.25) is 0 Å². The van der Waals surface area contributed by atoms with E-state index in [1.807, 2.05) is 30.3 Å². The van der Waals surface area contributed by atoms with Crippen molar-refractivity contribution in [3.8, 4) is 5.75 Å². The van der Waals surface area contributed by atoms with E-state index in [9.17, 15) is 14.8 Å². The standard InChI is InChI=1S/C24H16N2O4/c27-23-17-11-5-4-10-16(17)21(25-29)20-19(18-12-6-7-13-26(18)22(20)23)24(28)30-14-15-8-2-1-3-9-15/h1-13,27H,14H2. The van der Waals surface area contributed by atoms with Crippen molar-refractivity contribution in [1.29, 1.82) is 0 Å². The highest BCUT2D eigenvalue weighted by Crippen LogP contribution is 2.45. The summed E-state index contributed by atoms with van der Waals surface area (Å²) in [5.41, 5.74) is 2.04. The third kappa shape index (κ3) is 2.62. The number of aromatic nitrogens is 1. The fraction of sp³-hybridized carbons (Fsp3) is 0.0417. The second-order valence-electron chi connectivity index (χ2n) is 6.95. The molecule has 0 fully saturated rings. The normalized spacial score (nSPS) is 11.2. The van der Waals surface area contributed by atoms with Crippen LogP contribution in [0, 0.1) is 4.91 Å². The molecule has 0 unspecified atom stereocenters. The van der Waals surface area contributed by atoms with Crippen LogP contribution in [-0.2, 0) is 11.3 Å². The predicted molar refractivity (Wildman–Crippen MR) is 115 cm³/mol. The molecule has 0 aliphatic rings. The lowest BCUT2D eigenvalue weighted by molar-refractivity contribution is 0.0477. The number of carbonyl (C=O) groups excluding carboxylic acids is 1. The smallest absolute Gasteiger partial charge is 0.341 e. The number of rotatable bonds is 4. The summed E-state index contributed by atoms with van der Waals surface area (Å²) in [5, 5.41) is 15.5. The number of nitroso groups, excluding NO2 is 1. The van der Waals surface area contributed by atoms with Crippen molar-refractivity contribution in [3.63, 3.8) is 0 Å². The highest BCUT2D eigenvalue weighted by atomic mass is 16.5. The van der Waals surface area contributed by atoms with Crippen molar-refractivity contribution in [1.82, 2.24) is 4.40 Å². The van der Waals surface area contributed by atoms with Gasteiger partial charge in [0.05, 0.1) is 16.6 Å². The molecule has 146 valence electrons. The van der Waals surface area contributed by atoms with Gasteiger partial charge >= 0.3 is 5.97 Å². The van der Waals surface area contributed by atoms with Crippen molar-refractivity contribution in [2.75, 3.05) is 0 Å². The molecule has 30 heavy (non-hydrogen) atoms. The number of hydrogen-bond acceptors (Lipinski definition) is 5. The molecule has 0 amide bonds. The molecule has 6 heteroatoms. The molecule has 6 nitrogen and oxygen atoms in total. The Hall–Kier alpha value is -4.19. The first-order valence-corrected chi connectivity index (χ1v) is 9.41. The first-order valence-electron chi connectivity index (χ1n) is 9.41. The molecule has 1 N–H and O–H groups in total. The van der Waals surface area contributed by atoms with Crippen molar-refractivity contribution < 1.29 is 14.6 Å². The monoisotopic (exact) mass is 396 g/mol. The number of fused-ring (bicyclic) bond motifs is 4.